The second kappa shape index (κ2) is 10.0. The molecule has 0 aliphatic heterocycles. The summed E-state index contributed by atoms with van der Waals surface area (Å²) in [5.74, 6) is 0.423. The molecular formula is C26H29F3O2. The predicted octanol–water partition coefficient (Wildman–Crippen LogP) is 6.96. The van der Waals surface area contributed by atoms with Gasteiger partial charge < -0.3 is 9.84 Å². The van der Waals surface area contributed by atoms with Crippen LogP contribution in [0.3, 0.4) is 0 Å². The van der Waals surface area contributed by atoms with Gasteiger partial charge in [-0.2, -0.15) is 13.2 Å². The molecule has 1 atom stereocenters. The van der Waals surface area contributed by atoms with Gasteiger partial charge in [-0.15, -0.1) is 5.73 Å². The number of allylic oxidation sites excluding steroid dienone is 3. The SMILES string of the molecule is COc1cc(C=C=CC/C(C)=C/C(C)C)c(C)cc1C(O)(c1ccccc1)C(F)(F)F. The van der Waals surface area contributed by atoms with E-state index in [0.717, 1.165) is 6.42 Å². The van der Waals surface area contributed by atoms with Crippen LogP contribution < -0.4 is 4.74 Å². The van der Waals surface area contributed by atoms with E-state index in [-0.39, 0.29) is 16.9 Å². The van der Waals surface area contributed by atoms with E-state index in [2.05, 4.69) is 25.7 Å². The molecule has 31 heavy (non-hydrogen) atoms. The third kappa shape index (κ3) is 5.69. The Bertz CT molecular complexity index is 982. The van der Waals surface area contributed by atoms with E-state index < -0.39 is 11.8 Å². The van der Waals surface area contributed by atoms with Gasteiger partial charge in [0, 0.05) is 5.56 Å². The summed E-state index contributed by atoms with van der Waals surface area (Å²) in [5.41, 5.74) is 1.74. The average Bonchev–Trinajstić information content (AvgIpc) is 2.70. The number of alkyl halides is 3. The molecule has 1 unspecified atom stereocenters. The van der Waals surface area contributed by atoms with Gasteiger partial charge >= 0.3 is 6.18 Å². The van der Waals surface area contributed by atoms with Crippen molar-refractivity contribution in [3.63, 3.8) is 0 Å². The number of methoxy groups -OCH3 is 1. The number of hydrogen-bond donors (Lipinski definition) is 1. The first-order valence-corrected chi connectivity index (χ1v) is 10.1. The first-order valence-electron chi connectivity index (χ1n) is 10.1. The van der Waals surface area contributed by atoms with Crippen molar-refractivity contribution >= 4 is 6.08 Å². The van der Waals surface area contributed by atoms with Crippen LogP contribution in [-0.2, 0) is 5.60 Å². The van der Waals surface area contributed by atoms with Gasteiger partial charge in [0.25, 0.3) is 0 Å². The molecule has 0 saturated carbocycles. The van der Waals surface area contributed by atoms with Gasteiger partial charge in [0.15, 0.2) is 0 Å². The average molecular weight is 431 g/mol. The summed E-state index contributed by atoms with van der Waals surface area (Å²) in [6, 6.07) is 9.86. The van der Waals surface area contributed by atoms with Gasteiger partial charge in [-0.05, 0) is 67.2 Å². The van der Waals surface area contributed by atoms with Gasteiger partial charge in [-0.25, -0.2) is 0 Å². The highest BCUT2D eigenvalue weighted by Crippen LogP contribution is 2.47. The van der Waals surface area contributed by atoms with Crippen molar-refractivity contribution < 1.29 is 23.0 Å². The van der Waals surface area contributed by atoms with Crippen LogP contribution >= 0.6 is 0 Å². The minimum atomic E-state index is -4.94. The summed E-state index contributed by atoms with van der Waals surface area (Å²) in [5, 5.41) is 10.9. The lowest BCUT2D eigenvalue weighted by Gasteiger charge is -2.33. The molecule has 2 rings (SSSR count). The maximum Gasteiger partial charge on any atom is 0.425 e. The van der Waals surface area contributed by atoms with Crippen LogP contribution in [0.5, 0.6) is 5.75 Å². The van der Waals surface area contributed by atoms with Crippen molar-refractivity contribution in [1.82, 2.24) is 0 Å². The summed E-state index contributed by atoms with van der Waals surface area (Å²) >= 11 is 0. The van der Waals surface area contributed by atoms with Crippen LogP contribution in [-0.4, -0.2) is 18.4 Å². The van der Waals surface area contributed by atoms with E-state index in [1.807, 2.05) is 13.0 Å². The summed E-state index contributed by atoms with van der Waals surface area (Å²) < 4.78 is 47.6. The van der Waals surface area contributed by atoms with E-state index in [1.165, 1.54) is 49.1 Å². The molecule has 5 heteroatoms. The topological polar surface area (TPSA) is 29.5 Å². The molecule has 0 heterocycles. The maximum absolute atomic E-state index is 14.1. The Balaban J connectivity index is 2.52. The molecule has 0 aliphatic carbocycles. The molecule has 0 saturated heterocycles. The van der Waals surface area contributed by atoms with Crippen LogP contribution in [0.25, 0.3) is 6.08 Å². The number of aliphatic hydroxyl groups is 1. The first-order chi connectivity index (χ1) is 14.5. The standard InChI is InChI=1S/C26H29F3O2/c1-18(2)15-19(3)11-9-10-12-21-17-24(31-5)23(16-20(21)4)25(30,26(27,28)29)22-13-7-6-8-14-22/h6-9,12-18,30H,11H2,1-5H3/b19-15+. The molecule has 0 amide bonds. The predicted molar refractivity (Wildman–Crippen MR) is 119 cm³/mol. The highest BCUT2D eigenvalue weighted by Gasteiger charge is 2.57. The van der Waals surface area contributed by atoms with Crippen molar-refractivity contribution in [3.05, 3.63) is 88.2 Å². The lowest BCUT2D eigenvalue weighted by atomic mass is 9.83. The fourth-order valence-corrected chi connectivity index (χ4v) is 3.47. The lowest BCUT2D eigenvalue weighted by molar-refractivity contribution is -0.248. The fourth-order valence-electron chi connectivity index (χ4n) is 3.47. The number of rotatable bonds is 7. The van der Waals surface area contributed by atoms with Crippen molar-refractivity contribution in [2.24, 2.45) is 5.92 Å². The number of aryl methyl sites for hydroxylation is 1. The smallest absolute Gasteiger partial charge is 0.425 e. The van der Waals surface area contributed by atoms with E-state index in [0.29, 0.717) is 17.0 Å². The molecule has 2 nitrogen and oxygen atoms in total. The minimum Gasteiger partial charge on any atom is -0.496 e. The van der Waals surface area contributed by atoms with E-state index in [9.17, 15) is 18.3 Å². The highest BCUT2D eigenvalue weighted by molar-refractivity contribution is 5.60. The summed E-state index contributed by atoms with van der Waals surface area (Å²) in [6.07, 6.45) is 1.56. The molecule has 0 radical (unpaired) electrons. The number of ether oxygens (including phenoxy) is 1. The number of benzene rings is 2. The molecular weight excluding hydrogens is 401 g/mol. The Hall–Kier alpha value is -2.75. The van der Waals surface area contributed by atoms with Gasteiger partial charge in [-0.1, -0.05) is 55.8 Å². The van der Waals surface area contributed by atoms with Crippen LogP contribution in [0.2, 0.25) is 0 Å². The fraction of sp³-hybridized carbons (Fsp3) is 0.346. The van der Waals surface area contributed by atoms with Gasteiger partial charge in [0.1, 0.15) is 5.75 Å². The Morgan fingerprint density at radius 2 is 1.81 bits per heavy atom. The van der Waals surface area contributed by atoms with Crippen molar-refractivity contribution in [2.45, 2.75) is 45.9 Å². The second-order valence-corrected chi connectivity index (χ2v) is 7.96. The zero-order chi connectivity index (χ0) is 23.2. The molecule has 0 fully saturated rings. The van der Waals surface area contributed by atoms with Gasteiger partial charge in [0.2, 0.25) is 5.60 Å². The zero-order valence-corrected chi connectivity index (χ0v) is 18.5. The first kappa shape index (κ1) is 24.5. The molecule has 0 aromatic heterocycles. The van der Waals surface area contributed by atoms with Gasteiger partial charge in [-0.3, -0.25) is 0 Å². The molecule has 0 aliphatic rings. The third-order valence-electron chi connectivity index (χ3n) is 4.98. The highest BCUT2D eigenvalue weighted by atomic mass is 19.4. The van der Waals surface area contributed by atoms with E-state index >= 15 is 0 Å². The monoisotopic (exact) mass is 430 g/mol. The van der Waals surface area contributed by atoms with E-state index in [1.54, 1.807) is 19.1 Å². The zero-order valence-electron chi connectivity index (χ0n) is 18.5. The van der Waals surface area contributed by atoms with Crippen LogP contribution in [0.15, 0.2) is 65.9 Å². The Morgan fingerprint density at radius 1 is 1.16 bits per heavy atom. The molecule has 166 valence electrons. The summed E-state index contributed by atoms with van der Waals surface area (Å²) in [4.78, 5) is 0. The van der Waals surface area contributed by atoms with E-state index in [4.69, 9.17) is 4.74 Å². The quantitative estimate of drug-likeness (QED) is 0.380. The van der Waals surface area contributed by atoms with Crippen molar-refractivity contribution in [3.8, 4) is 5.75 Å². The number of halogens is 3. The van der Waals surface area contributed by atoms with Crippen molar-refractivity contribution in [1.29, 1.82) is 0 Å². The minimum absolute atomic E-state index is 0.0433. The maximum atomic E-state index is 14.1. The molecule has 2 aromatic carbocycles. The largest absolute Gasteiger partial charge is 0.496 e. The van der Waals surface area contributed by atoms with Crippen LogP contribution in [0.4, 0.5) is 13.2 Å². The Morgan fingerprint density at radius 3 is 2.35 bits per heavy atom. The summed E-state index contributed by atoms with van der Waals surface area (Å²) in [6.45, 7) is 7.96. The third-order valence-corrected chi connectivity index (χ3v) is 4.98. The second-order valence-electron chi connectivity index (χ2n) is 7.96. The lowest BCUT2D eigenvalue weighted by Crippen LogP contribution is -2.43. The molecule has 0 spiro atoms. The number of hydrogen-bond acceptors (Lipinski definition) is 2. The van der Waals surface area contributed by atoms with Crippen LogP contribution in [0, 0.1) is 12.8 Å². The van der Waals surface area contributed by atoms with Gasteiger partial charge in [0.05, 0.1) is 7.11 Å². The summed E-state index contributed by atoms with van der Waals surface area (Å²) in [7, 11) is 1.29. The molecule has 0 bridgehead atoms. The molecule has 2 aromatic rings. The Kier molecular flexibility index (Phi) is 7.94. The Labute approximate surface area is 182 Å². The molecule has 1 N–H and O–H groups in total. The normalized spacial score (nSPS) is 14.1. The van der Waals surface area contributed by atoms with Crippen molar-refractivity contribution in [2.75, 3.05) is 7.11 Å². The van der Waals surface area contributed by atoms with Crippen LogP contribution in [0.1, 0.15) is 49.4 Å².